The second kappa shape index (κ2) is 22.3. The van der Waals surface area contributed by atoms with E-state index in [0.29, 0.717) is 13.2 Å². The molecule has 0 spiro atoms. The molecule has 8 nitrogen and oxygen atoms in total. The molecule has 0 aromatic heterocycles. The fourth-order valence-electron chi connectivity index (χ4n) is 4.12. The fourth-order valence-corrected chi connectivity index (χ4v) is 4.12. The summed E-state index contributed by atoms with van der Waals surface area (Å²) in [5, 5.41) is 8.65. The van der Waals surface area contributed by atoms with Gasteiger partial charge in [0.05, 0.1) is 31.2 Å². The molecule has 0 fully saturated rings. The highest BCUT2D eigenvalue weighted by Crippen LogP contribution is 2.23. The maximum absolute atomic E-state index is 11.0. The van der Waals surface area contributed by atoms with Gasteiger partial charge in [-0.1, -0.05) is 77.6 Å². The predicted octanol–water partition coefficient (Wildman–Crippen LogP) is 9.18. The lowest BCUT2D eigenvalue weighted by molar-refractivity contribution is -0.139. The van der Waals surface area contributed by atoms with Crippen molar-refractivity contribution in [3.63, 3.8) is 0 Å². The number of ether oxygens (including phenoxy) is 3. The van der Waals surface area contributed by atoms with E-state index in [1.54, 1.807) is 0 Å². The van der Waals surface area contributed by atoms with Crippen LogP contribution in [0.4, 0.5) is 11.4 Å². The van der Waals surface area contributed by atoms with E-state index < -0.39 is 5.97 Å². The van der Waals surface area contributed by atoms with E-state index in [0.717, 1.165) is 74.2 Å². The Bertz CT molecular complexity index is 1000. The molecule has 0 N–H and O–H groups in total. The van der Waals surface area contributed by atoms with Gasteiger partial charge in [-0.15, -0.1) is 0 Å². The molecule has 0 bridgehead atoms. The van der Waals surface area contributed by atoms with Gasteiger partial charge < -0.3 is 19.7 Å². The molecule has 0 atom stereocenters. The SMILES string of the molecule is CCCCCCCCOc1ccc(/N=N/c2ccc(OCCCCCCCCCCOC(=O)C=[N+]=[N-])cc2)cc1. The first kappa shape index (κ1) is 32.7. The lowest BCUT2D eigenvalue weighted by atomic mass is 10.1. The summed E-state index contributed by atoms with van der Waals surface area (Å²) in [6, 6.07) is 15.4. The molecule has 0 heterocycles. The van der Waals surface area contributed by atoms with E-state index in [2.05, 4.69) is 21.9 Å². The molecule has 0 unspecified atom stereocenters. The predicted molar refractivity (Wildman–Crippen MR) is 159 cm³/mol. The molecule has 0 radical (unpaired) electrons. The van der Waals surface area contributed by atoms with Crippen molar-refractivity contribution < 1.29 is 23.8 Å². The van der Waals surface area contributed by atoms with E-state index >= 15 is 0 Å². The number of hydrogen-bond acceptors (Lipinski definition) is 6. The maximum atomic E-state index is 11.0. The summed E-state index contributed by atoms with van der Waals surface area (Å²) in [5.41, 5.74) is 9.81. The van der Waals surface area contributed by atoms with E-state index in [4.69, 9.17) is 19.7 Å². The van der Waals surface area contributed by atoms with Gasteiger partial charge in [0.2, 0.25) is 0 Å². The van der Waals surface area contributed by atoms with Gasteiger partial charge in [-0.05, 0) is 67.8 Å². The Morgan fingerprint density at radius 1 is 0.650 bits per heavy atom. The van der Waals surface area contributed by atoms with Crippen molar-refractivity contribution in [1.82, 2.24) is 0 Å². The molecular weight excluding hydrogens is 504 g/mol. The molecular formula is C32H46N4O4. The third-order valence-electron chi connectivity index (χ3n) is 6.44. The molecule has 218 valence electrons. The summed E-state index contributed by atoms with van der Waals surface area (Å²) >= 11 is 0. The Labute approximate surface area is 239 Å². The maximum Gasteiger partial charge on any atom is 0.413 e. The number of carbonyl (C=O) groups excluding carboxylic acids is 1. The van der Waals surface area contributed by atoms with Crippen molar-refractivity contribution in [3.05, 3.63) is 54.1 Å². The zero-order valence-corrected chi connectivity index (χ0v) is 24.1. The summed E-state index contributed by atoms with van der Waals surface area (Å²) in [7, 11) is 0. The number of rotatable bonds is 23. The summed E-state index contributed by atoms with van der Waals surface area (Å²) in [6.45, 7) is 4.07. The van der Waals surface area contributed by atoms with Gasteiger partial charge in [-0.25, -0.2) is 4.79 Å². The number of hydrogen-bond donors (Lipinski definition) is 0. The van der Waals surface area contributed by atoms with Crippen molar-refractivity contribution in [2.24, 2.45) is 10.2 Å². The highest BCUT2D eigenvalue weighted by atomic mass is 16.5. The number of esters is 1. The topological polar surface area (TPSA) is 106 Å². The second-order valence-electron chi connectivity index (χ2n) is 9.89. The van der Waals surface area contributed by atoms with E-state index in [9.17, 15) is 4.79 Å². The third-order valence-corrected chi connectivity index (χ3v) is 6.44. The zero-order chi connectivity index (χ0) is 28.5. The van der Waals surface area contributed by atoms with Gasteiger partial charge in [-0.2, -0.15) is 15.0 Å². The molecule has 2 aromatic carbocycles. The minimum Gasteiger partial charge on any atom is -0.494 e. The van der Waals surface area contributed by atoms with Crippen LogP contribution < -0.4 is 9.47 Å². The van der Waals surface area contributed by atoms with Crippen LogP contribution in [0.3, 0.4) is 0 Å². The molecule has 8 heteroatoms. The van der Waals surface area contributed by atoms with Crippen LogP contribution in [0.2, 0.25) is 0 Å². The number of benzene rings is 2. The van der Waals surface area contributed by atoms with Gasteiger partial charge >= 0.3 is 12.2 Å². The first-order chi connectivity index (χ1) is 19.7. The molecule has 0 aliphatic carbocycles. The largest absolute Gasteiger partial charge is 0.494 e. The molecule has 40 heavy (non-hydrogen) atoms. The van der Waals surface area contributed by atoms with Gasteiger partial charge in [0.1, 0.15) is 11.5 Å². The van der Waals surface area contributed by atoms with Crippen LogP contribution in [0.5, 0.6) is 11.5 Å². The van der Waals surface area contributed by atoms with Crippen molar-refractivity contribution >= 4 is 23.6 Å². The molecule has 2 aromatic rings. The molecule has 0 aliphatic heterocycles. The van der Waals surface area contributed by atoms with Crippen LogP contribution in [0.15, 0.2) is 58.8 Å². The smallest absolute Gasteiger partial charge is 0.413 e. The van der Waals surface area contributed by atoms with Crippen LogP contribution in [0.1, 0.15) is 96.8 Å². The molecule has 0 saturated carbocycles. The number of carbonyl (C=O) groups is 1. The fraction of sp³-hybridized carbons (Fsp3) is 0.562. The highest BCUT2D eigenvalue weighted by Gasteiger charge is 2.02. The number of azo groups is 1. The summed E-state index contributed by atoms with van der Waals surface area (Å²) < 4.78 is 16.6. The summed E-state index contributed by atoms with van der Waals surface area (Å²) in [6.07, 6.45) is 17.1. The number of unbranched alkanes of at least 4 members (excludes halogenated alkanes) is 12. The van der Waals surface area contributed by atoms with Crippen LogP contribution in [-0.4, -0.2) is 36.8 Å². The average molecular weight is 551 g/mol. The van der Waals surface area contributed by atoms with Gasteiger partial charge in [0.15, 0.2) is 0 Å². The molecule has 0 aliphatic rings. The molecule has 0 amide bonds. The van der Waals surface area contributed by atoms with Crippen LogP contribution >= 0.6 is 0 Å². The monoisotopic (exact) mass is 550 g/mol. The van der Waals surface area contributed by atoms with Crippen molar-refractivity contribution in [2.45, 2.75) is 96.8 Å². The van der Waals surface area contributed by atoms with E-state index in [-0.39, 0.29) is 0 Å². The van der Waals surface area contributed by atoms with Crippen LogP contribution in [-0.2, 0) is 9.53 Å². The Balaban J connectivity index is 1.50. The van der Waals surface area contributed by atoms with E-state index in [1.165, 1.54) is 51.4 Å². The first-order valence-electron chi connectivity index (χ1n) is 14.9. The van der Waals surface area contributed by atoms with Gasteiger partial charge in [0, 0.05) is 0 Å². The minimum atomic E-state index is -0.604. The number of nitrogens with zero attached hydrogens (tertiary/aromatic N) is 4. The standard InChI is InChI=1S/C32H46N4O4/c1-2-3-4-5-10-13-24-38-30-20-16-28(17-21-30)35-36-29-18-22-31(23-19-29)39-25-14-11-8-6-7-9-12-15-26-40-32(37)27-34-33/h16-23,27H,2-15,24-26H2,1H3/b36-35+. The third kappa shape index (κ3) is 16.5. The normalized spacial score (nSPS) is 10.8. The first-order valence-corrected chi connectivity index (χ1v) is 14.9. The Kier molecular flexibility index (Phi) is 18.2. The Hall–Kier alpha value is -3.51. The highest BCUT2D eigenvalue weighted by molar-refractivity contribution is 6.20. The average Bonchev–Trinajstić information content (AvgIpc) is 2.97. The summed E-state index contributed by atoms with van der Waals surface area (Å²) in [5.74, 6) is 1.11. The minimum absolute atomic E-state index is 0.370. The van der Waals surface area contributed by atoms with Gasteiger partial charge in [0.25, 0.3) is 0 Å². The Morgan fingerprint density at radius 3 is 1.48 bits per heavy atom. The second-order valence-corrected chi connectivity index (χ2v) is 9.89. The van der Waals surface area contributed by atoms with E-state index in [1.807, 2.05) is 48.5 Å². The zero-order valence-electron chi connectivity index (χ0n) is 24.1. The molecule has 0 saturated heterocycles. The Morgan fingerprint density at radius 2 is 1.05 bits per heavy atom. The van der Waals surface area contributed by atoms with Crippen molar-refractivity contribution in [2.75, 3.05) is 19.8 Å². The summed E-state index contributed by atoms with van der Waals surface area (Å²) in [4.78, 5) is 13.6. The van der Waals surface area contributed by atoms with Crippen LogP contribution in [0.25, 0.3) is 5.53 Å². The van der Waals surface area contributed by atoms with Crippen LogP contribution in [0, 0.1) is 0 Å². The lowest BCUT2D eigenvalue weighted by Gasteiger charge is -2.07. The lowest BCUT2D eigenvalue weighted by Crippen LogP contribution is -2.07. The quantitative estimate of drug-likeness (QED) is 0.0452. The van der Waals surface area contributed by atoms with Gasteiger partial charge in [-0.3, -0.25) is 0 Å². The van der Waals surface area contributed by atoms with Crippen molar-refractivity contribution in [3.8, 4) is 11.5 Å². The molecule has 2 rings (SSSR count). The van der Waals surface area contributed by atoms with Crippen molar-refractivity contribution in [1.29, 1.82) is 0 Å².